The van der Waals surface area contributed by atoms with E-state index in [0.717, 1.165) is 25.4 Å². The van der Waals surface area contributed by atoms with Gasteiger partial charge in [0.05, 0.1) is 18.5 Å². The molecule has 116 valence electrons. The average molecular weight is 404 g/mol. The van der Waals surface area contributed by atoms with Crippen LogP contribution in [-0.2, 0) is 0 Å². The summed E-state index contributed by atoms with van der Waals surface area (Å²) in [4.78, 5) is 6.50. The van der Waals surface area contributed by atoms with E-state index >= 15 is 0 Å². The molecule has 0 amide bonds. The van der Waals surface area contributed by atoms with Crippen molar-refractivity contribution >= 4 is 44.8 Å². The third-order valence-electron chi connectivity index (χ3n) is 3.01. The van der Waals surface area contributed by atoms with Crippen LogP contribution in [0.15, 0.2) is 74.4 Å². The number of thiazole rings is 1. The molecule has 0 saturated carbocycles. The molecule has 0 aliphatic rings. The van der Waals surface area contributed by atoms with E-state index in [4.69, 9.17) is 0 Å². The van der Waals surface area contributed by atoms with E-state index < -0.39 is 0 Å². The molecule has 6 heteroatoms. The number of hydrogen-bond donors (Lipinski definition) is 0. The summed E-state index contributed by atoms with van der Waals surface area (Å²) < 4.78 is 2.93. The molecule has 23 heavy (non-hydrogen) atoms. The van der Waals surface area contributed by atoms with Crippen molar-refractivity contribution in [1.29, 1.82) is 0 Å². The standard InChI is InChI=1S/C17H14BrN3S2/c1-2-8-19-17-21(20-11-15-7-4-9-22-15)16(12-23-17)13-5-3-6-14(18)10-13/h2-7,9-12H,1,8H2. The predicted molar refractivity (Wildman–Crippen MR) is 103 cm³/mol. The maximum absolute atomic E-state index is 4.64. The maximum Gasteiger partial charge on any atom is 0.206 e. The molecule has 0 aliphatic carbocycles. The number of thiophene rings is 1. The van der Waals surface area contributed by atoms with Crippen molar-refractivity contribution in [1.82, 2.24) is 4.68 Å². The smallest absolute Gasteiger partial charge is 0.206 e. The van der Waals surface area contributed by atoms with Gasteiger partial charge in [-0.3, -0.25) is 4.99 Å². The number of rotatable bonds is 5. The molecule has 2 aromatic heterocycles. The van der Waals surface area contributed by atoms with Gasteiger partial charge in [-0.2, -0.15) is 5.10 Å². The molecule has 0 radical (unpaired) electrons. The van der Waals surface area contributed by atoms with Gasteiger partial charge in [-0.05, 0) is 23.6 Å². The lowest BCUT2D eigenvalue weighted by molar-refractivity contribution is 0.840. The molecule has 0 unspecified atom stereocenters. The van der Waals surface area contributed by atoms with E-state index in [9.17, 15) is 0 Å². The molecule has 0 bridgehead atoms. The summed E-state index contributed by atoms with van der Waals surface area (Å²) in [6.07, 6.45) is 3.65. The van der Waals surface area contributed by atoms with Gasteiger partial charge in [0.15, 0.2) is 0 Å². The van der Waals surface area contributed by atoms with Crippen LogP contribution in [0.1, 0.15) is 4.88 Å². The first-order valence-electron chi connectivity index (χ1n) is 6.93. The predicted octanol–water partition coefficient (Wildman–Crippen LogP) is 5.01. The molecule has 3 rings (SSSR count). The van der Waals surface area contributed by atoms with Crippen LogP contribution in [-0.4, -0.2) is 17.4 Å². The number of benzene rings is 1. The molecule has 0 fully saturated rings. The summed E-state index contributed by atoms with van der Waals surface area (Å²) in [6, 6.07) is 12.2. The molecular formula is C17H14BrN3S2. The largest absolute Gasteiger partial charge is 0.253 e. The van der Waals surface area contributed by atoms with Gasteiger partial charge in [0.2, 0.25) is 4.80 Å². The van der Waals surface area contributed by atoms with Crippen molar-refractivity contribution in [3.63, 3.8) is 0 Å². The van der Waals surface area contributed by atoms with Crippen LogP contribution < -0.4 is 4.80 Å². The highest BCUT2D eigenvalue weighted by molar-refractivity contribution is 9.10. The number of nitrogens with zero attached hydrogens (tertiary/aromatic N) is 3. The highest BCUT2D eigenvalue weighted by Crippen LogP contribution is 2.23. The Bertz CT molecular complexity index is 889. The first-order valence-corrected chi connectivity index (χ1v) is 9.49. The molecule has 3 nitrogen and oxygen atoms in total. The zero-order valence-corrected chi connectivity index (χ0v) is 15.4. The van der Waals surface area contributed by atoms with Crippen LogP contribution >= 0.6 is 38.6 Å². The Morgan fingerprint density at radius 1 is 1.22 bits per heavy atom. The summed E-state index contributed by atoms with van der Waals surface area (Å²) in [5.41, 5.74) is 2.12. The number of halogens is 1. The first kappa shape index (κ1) is 16.1. The fraction of sp³-hybridized carbons (Fsp3) is 0.0588. The maximum atomic E-state index is 4.64. The van der Waals surface area contributed by atoms with Gasteiger partial charge in [-0.25, -0.2) is 4.68 Å². The first-order chi connectivity index (χ1) is 11.3. The van der Waals surface area contributed by atoms with Crippen molar-refractivity contribution in [3.8, 4) is 11.3 Å². The zero-order valence-electron chi connectivity index (χ0n) is 12.2. The number of hydrogen-bond acceptors (Lipinski definition) is 4. The zero-order chi connectivity index (χ0) is 16.1. The molecule has 2 heterocycles. The minimum atomic E-state index is 0.576. The minimum Gasteiger partial charge on any atom is -0.253 e. The van der Waals surface area contributed by atoms with E-state index in [1.807, 2.05) is 40.5 Å². The second-order valence-corrected chi connectivity index (χ2v) is 7.35. The van der Waals surface area contributed by atoms with E-state index in [0.29, 0.717) is 6.54 Å². The second kappa shape index (κ2) is 7.68. The summed E-state index contributed by atoms with van der Waals surface area (Å²) >= 11 is 6.76. The van der Waals surface area contributed by atoms with Gasteiger partial charge in [0, 0.05) is 20.3 Å². The Labute approximate surface area is 151 Å². The lowest BCUT2D eigenvalue weighted by Gasteiger charge is -2.03. The van der Waals surface area contributed by atoms with E-state index in [1.165, 1.54) is 0 Å². The Morgan fingerprint density at radius 3 is 2.87 bits per heavy atom. The van der Waals surface area contributed by atoms with Crippen LogP contribution in [0.2, 0.25) is 0 Å². The van der Waals surface area contributed by atoms with E-state index in [2.05, 4.69) is 50.1 Å². The van der Waals surface area contributed by atoms with Crippen molar-refractivity contribution in [2.75, 3.05) is 6.54 Å². The highest BCUT2D eigenvalue weighted by atomic mass is 79.9. The van der Waals surface area contributed by atoms with Gasteiger partial charge < -0.3 is 0 Å². The fourth-order valence-electron chi connectivity index (χ4n) is 1.99. The topological polar surface area (TPSA) is 29.6 Å². The second-order valence-electron chi connectivity index (χ2n) is 4.62. The van der Waals surface area contributed by atoms with Crippen molar-refractivity contribution in [2.24, 2.45) is 10.1 Å². The van der Waals surface area contributed by atoms with Gasteiger partial charge in [0.25, 0.3) is 0 Å². The minimum absolute atomic E-state index is 0.576. The van der Waals surface area contributed by atoms with Gasteiger partial charge in [-0.1, -0.05) is 40.2 Å². The normalized spacial score (nSPS) is 12.1. The lowest BCUT2D eigenvalue weighted by atomic mass is 10.2. The van der Waals surface area contributed by atoms with E-state index in [-0.39, 0.29) is 0 Å². The van der Waals surface area contributed by atoms with Crippen LogP contribution in [0.5, 0.6) is 0 Å². The molecule has 1 aromatic carbocycles. The summed E-state index contributed by atoms with van der Waals surface area (Å²) in [7, 11) is 0. The SMILES string of the molecule is C=CCN=c1scc(-c2cccc(Br)c2)n1N=Cc1cccs1. The van der Waals surface area contributed by atoms with Gasteiger partial charge in [0.1, 0.15) is 0 Å². The molecule has 0 aliphatic heterocycles. The Morgan fingerprint density at radius 2 is 2.13 bits per heavy atom. The lowest BCUT2D eigenvalue weighted by Crippen LogP contribution is -2.12. The third kappa shape index (κ3) is 3.96. The van der Waals surface area contributed by atoms with E-state index in [1.54, 1.807) is 28.7 Å². The molecule has 0 N–H and O–H groups in total. The Balaban J connectivity index is 2.09. The summed E-state index contributed by atoms with van der Waals surface area (Å²) in [5, 5.41) is 8.76. The quantitative estimate of drug-likeness (QED) is 0.423. The number of aromatic nitrogens is 1. The van der Waals surface area contributed by atoms with Gasteiger partial charge >= 0.3 is 0 Å². The van der Waals surface area contributed by atoms with Crippen LogP contribution in [0, 0.1) is 0 Å². The fourth-order valence-corrected chi connectivity index (χ4v) is 3.81. The molecular weight excluding hydrogens is 390 g/mol. The van der Waals surface area contributed by atoms with Crippen LogP contribution in [0.3, 0.4) is 0 Å². The average Bonchev–Trinajstić information content (AvgIpc) is 3.20. The molecule has 3 aromatic rings. The van der Waals surface area contributed by atoms with Gasteiger partial charge in [-0.15, -0.1) is 29.3 Å². The Hall–Kier alpha value is -1.76. The van der Waals surface area contributed by atoms with Crippen molar-refractivity contribution < 1.29 is 0 Å². The molecule has 0 spiro atoms. The Kier molecular flexibility index (Phi) is 5.38. The monoisotopic (exact) mass is 403 g/mol. The van der Waals surface area contributed by atoms with Crippen molar-refractivity contribution in [3.05, 3.63) is 74.0 Å². The van der Waals surface area contributed by atoms with Crippen molar-refractivity contribution in [2.45, 2.75) is 0 Å². The third-order valence-corrected chi connectivity index (χ3v) is 5.16. The summed E-state index contributed by atoms with van der Waals surface area (Å²) in [5.74, 6) is 0. The summed E-state index contributed by atoms with van der Waals surface area (Å²) in [6.45, 7) is 4.30. The van der Waals surface area contributed by atoms with Crippen LogP contribution in [0.25, 0.3) is 11.3 Å². The highest BCUT2D eigenvalue weighted by Gasteiger charge is 2.07. The molecule has 0 saturated heterocycles. The van der Waals surface area contributed by atoms with Crippen LogP contribution in [0.4, 0.5) is 0 Å². The molecule has 0 atom stereocenters.